The summed E-state index contributed by atoms with van der Waals surface area (Å²) >= 11 is 18.0. The molecule has 6 aromatic rings. The monoisotopic (exact) mass is 850 g/mol. The molecule has 0 bridgehead atoms. The predicted molar refractivity (Wildman–Crippen MR) is 221 cm³/mol. The van der Waals surface area contributed by atoms with Crippen molar-refractivity contribution >= 4 is 77.8 Å². The van der Waals surface area contributed by atoms with Crippen molar-refractivity contribution in [2.45, 2.75) is 36.5 Å². The molecule has 0 atom stereocenters. The van der Waals surface area contributed by atoms with E-state index in [1.165, 1.54) is 72.8 Å². The van der Waals surface area contributed by atoms with E-state index in [0.717, 1.165) is 17.2 Å². The SMILES string of the molecule is CC(C)c1ccc(S(=O)(=O)Nc2ccc(Cl)cc2C(=O)c2cccc(Cl)c2)cc1.Cc1ccc(S(=O)(=O)Nc2ccc(Cl)cc2C(=O)c2cccc(F)c2)cc1. The summed E-state index contributed by atoms with van der Waals surface area (Å²) in [5.41, 5.74) is 2.76. The molecule has 14 heteroatoms. The van der Waals surface area contributed by atoms with Crippen LogP contribution in [-0.4, -0.2) is 28.4 Å². The fourth-order valence-electron chi connectivity index (χ4n) is 5.31. The Morgan fingerprint density at radius 1 is 0.554 bits per heavy atom. The number of benzene rings is 6. The van der Waals surface area contributed by atoms with E-state index in [1.54, 1.807) is 54.6 Å². The van der Waals surface area contributed by atoms with E-state index in [1.807, 2.05) is 20.8 Å². The zero-order valence-corrected chi connectivity index (χ0v) is 34.0. The molecule has 0 aliphatic rings. The van der Waals surface area contributed by atoms with Crippen LogP contribution in [-0.2, 0) is 20.0 Å². The first-order valence-electron chi connectivity index (χ1n) is 16.9. The van der Waals surface area contributed by atoms with Crippen LogP contribution in [0.2, 0.25) is 15.1 Å². The number of aryl methyl sites for hydroxylation is 1. The van der Waals surface area contributed by atoms with Crippen LogP contribution in [0.3, 0.4) is 0 Å². The van der Waals surface area contributed by atoms with Gasteiger partial charge in [0, 0.05) is 37.3 Å². The standard InChI is InChI=1S/C22H19Cl2NO3S.C20H15ClFNO3S/c1-14(2)15-6-9-19(10-7-15)29(27,28)25-21-11-8-18(24)13-20(21)22(26)16-4-3-5-17(23)12-16;1-13-5-8-17(9-6-13)27(25,26)23-19-10-7-15(21)12-18(19)20(24)14-3-2-4-16(22)11-14/h3-14,25H,1-2H3;2-12,23H,1H3. The van der Waals surface area contributed by atoms with Gasteiger partial charge >= 0.3 is 0 Å². The smallest absolute Gasteiger partial charge is 0.261 e. The summed E-state index contributed by atoms with van der Waals surface area (Å²) < 4.78 is 69.4. The lowest BCUT2D eigenvalue weighted by Crippen LogP contribution is -2.16. The van der Waals surface area contributed by atoms with Crippen LogP contribution in [0.4, 0.5) is 15.8 Å². The average molecular weight is 852 g/mol. The molecule has 0 saturated heterocycles. The maximum absolute atomic E-state index is 13.5. The Morgan fingerprint density at radius 2 is 0.982 bits per heavy atom. The second-order valence-electron chi connectivity index (χ2n) is 12.8. The minimum Gasteiger partial charge on any atom is -0.289 e. The van der Waals surface area contributed by atoms with Crippen molar-refractivity contribution in [1.29, 1.82) is 0 Å². The molecule has 0 aliphatic heterocycles. The molecule has 0 fully saturated rings. The Bertz CT molecular complexity index is 2640. The summed E-state index contributed by atoms with van der Waals surface area (Å²) in [5, 5.41) is 0.984. The van der Waals surface area contributed by atoms with E-state index >= 15 is 0 Å². The topological polar surface area (TPSA) is 126 Å². The zero-order chi connectivity index (χ0) is 40.8. The Balaban J connectivity index is 0.000000215. The molecule has 0 unspecified atom stereocenters. The normalized spacial score (nSPS) is 11.4. The van der Waals surface area contributed by atoms with Gasteiger partial charge in [0.05, 0.1) is 21.2 Å². The molecule has 0 radical (unpaired) electrons. The molecule has 0 aliphatic carbocycles. The van der Waals surface area contributed by atoms with Gasteiger partial charge in [0.15, 0.2) is 11.6 Å². The fraction of sp³-hybridized carbons (Fsp3) is 0.0952. The first-order valence-corrected chi connectivity index (χ1v) is 21.0. The molecule has 2 N–H and O–H groups in total. The number of anilines is 2. The van der Waals surface area contributed by atoms with Gasteiger partial charge in [-0.25, -0.2) is 21.2 Å². The van der Waals surface area contributed by atoms with Crippen molar-refractivity contribution < 1.29 is 30.8 Å². The second-order valence-corrected chi connectivity index (χ2v) is 17.5. The lowest BCUT2D eigenvalue weighted by atomic mass is 10.0. The van der Waals surface area contributed by atoms with Crippen LogP contribution in [0.15, 0.2) is 143 Å². The third-order valence-corrected chi connectivity index (χ3v) is 11.8. The van der Waals surface area contributed by atoms with Crippen LogP contribution in [0.1, 0.15) is 62.7 Å². The largest absolute Gasteiger partial charge is 0.289 e. The number of rotatable bonds is 11. The van der Waals surface area contributed by atoms with Gasteiger partial charge in [-0.15, -0.1) is 0 Å². The van der Waals surface area contributed by atoms with Crippen LogP contribution >= 0.6 is 34.8 Å². The first-order chi connectivity index (χ1) is 26.4. The highest BCUT2D eigenvalue weighted by Gasteiger charge is 2.22. The molecule has 0 aromatic heterocycles. The van der Waals surface area contributed by atoms with Crippen molar-refractivity contribution in [3.05, 3.63) is 188 Å². The number of nitrogens with one attached hydrogen (secondary N) is 2. The van der Waals surface area contributed by atoms with Crippen LogP contribution < -0.4 is 9.44 Å². The van der Waals surface area contributed by atoms with Crippen LogP contribution in [0.25, 0.3) is 0 Å². The maximum Gasteiger partial charge on any atom is 0.261 e. The molecule has 0 saturated carbocycles. The third kappa shape index (κ3) is 10.6. The van der Waals surface area contributed by atoms with Crippen LogP contribution in [0, 0.1) is 12.7 Å². The zero-order valence-electron chi connectivity index (χ0n) is 30.1. The quantitative estimate of drug-likeness (QED) is 0.125. The first kappa shape index (κ1) is 42.1. The summed E-state index contributed by atoms with van der Waals surface area (Å²) in [6, 6.07) is 33.2. The average Bonchev–Trinajstić information content (AvgIpc) is 3.16. The van der Waals surface area contributed by atoms with E-state index in [4.69, 9.17) is 34.8 Å². The van der Waals surface area contributed by atoms with Gasteiger partial charge in [-0.3, -0.25) is 19.0 Å². The summed E-state index contributed by atoms with van der Waals surface area (Å²) in [4.78, 5) is 25.9. The molecule has 288 valence electrons. The number of halogens is 4. The highest BCUT2D eigenvalue weighted by Crippen LogP contribution is 2.29. The fourth-order valence-corrected chi connectivity index (χ4v) is 8.01. The molecular weight excluding hydrogens is 818 g/mol. The minimum atomic E-state index is -3.91. The van der Waals surface area contributed by atoms with Crippen LogP contribution in [0.5, 0.6) is 0 Å². The van der Waals surface area contributed by atoms with E-state index in [9.17, 15) is 30.8 Å². The summed E-state index contributed by atoms with van der Waals surface area (Å²) in [6.45, 7) is 5.91. The van der Waals surface area contributed by atoms with Crippen molar-refractivity contribution in [3.63, 3.8) is 0 Å². The third-order valence-electron chi connectivity index (χ3n) is 8.30. The Labute approximate surface area is 340 Å². The van der Waals surface area contributed by atoms with Gasteiger partial charge in [0.2, 0.25) is 0 Å². The van der Waals surface area contributed by atoms with Gasteiger partial charge in [-0.05, 0) is 103 Å². The number of carbonyl (C=O) groups excluding carboxylic acids is 2. The van der Waals surface area contributed by atoms with Crippen molar-refractivity contribution in [3.8, 4) is 0 Å². The second kappa shape index (κ2) is 17.8. The molecular formula is C42H34Cl3FN2O6S2. The Hall–Kier alpha value is -5.04. The van der Waals surface area contributed by atoms with Crippen molar-refractivity contribution in [1.82, 2.24) is 0 Å². The lowest BCUT2D eigenvalue weighted by molar-refractivity contribution is 0.103. The van der Waals surface area contributed by atoms with E-state index in [-0.39, 0.29) is 54.6 Å². The van der Waals surface area contributed by atoms with Gasteiger partial charge in [0.1, 0.15) is 5.82 Å². The lowest BCUT2D eigenvalue weighted by Gasteiger charge is -2.13. The number of hydrogen-bond acceptors (Lipinski definition) is 6. The molecule has 0 amide bonds. The number of ketones is 2. The number of hydrogen-bond donors (Lipinski definition) is 2. The van der Waals surface area contributed by atoms with Gasteiger partial charge in [-0.2, -0.15) is 0 Å². The number of carbonyl (C=O) groups is 2. The van der Waals surface area contributed by atoms with E-state index in [2.05, 4.69) is 9.44 Å². The highest BCUT2D eigenvalue weighted by molar-refractivity contribution is 7.93. The summed E-state index contributed by atoms with van der Waals surface area (Å²) in [6.07, 6.45) is 0. The van der Waals surface area contributed by atoms with Crippen molar-refractivity contribution in [2.75, 3.05) is 9.44 Å². The summed E-state index contributed by atoms with van der Waals surface area (Å²) in [5.74, 6) is -1.20. The predicted octanol–water partition coefficient (Wildman–Crippen LogP) is 11.0. The highest BCUT2D eigenvalue weighted by atomic mass is 35.5. The summed E-state index contributed by atoms with van der Waals surface area (Å²) in [7, 11) is -7.80. The van der Waals surface area contributed by atoms with Gasteiger partial charge < -0.3 is 0 Å². The van der Waals surface area contributed by atoms with Crippen molar-refractivity contribution in [2.24, 2.45) is 0 Å². The minimum absolute atomic E-state index is 0.0313. The number of sulfonamides is 2. The van der Waals surface area contributed by atoms with Gasteiger partial charge in [0.25, 0.3) is 20.0 Å². The Kier molecular flexibility index (Phi) is 13.4. The molecule has 6 rings (SSSR count). The molecule has 8 nitrogen and oxygen atoms in total. The molecule has 56 heavy (non-hydrogen) atoms. The van der Waals surface area contributed by atoms with Gasteiger partial charge in [-0.1, -0.05) is 103 Å². The maximum atomic E-state index is 13.5. The van der Waals surface area contributed by atoms with E-state index in [0.29, 0.717) is 15.6 Å². The molecule has 0 heterocycles. The Morgan fingerprint density at radius 3 is 1.43 bits per heavy atom. The molecule has 0 spiro atoms. The van der Waals surface area contributed by atoms with E-state index < -0.39 is 31.6 Å². The molecule has 6 aromatic carbocycles.